The molecular weight excluding hydrogens is 252 g/mol. The van der Waals surface area contributed by atoms with Gasteiger partial charge in [0.2, 0.25) is 0 Å². The molecule has 1 atom stereocenters. The average molecular weight is 267 g/mol. The third-order valence-electron chi connectivity index (χ3n) is 2.91. The minimum Gasteiger partial charge on any atom is -0.435 e. The topological polar surface area (TPSA) is 50.8 Å². The first kappa shape index (κ1) is 13.3. The van der Waals surface area contributed by atoms with Crippen LogP contribution in [0.1, 0.15) is 11.6 Å². The molecule has 1 aromatic rings. The van der Waals surface area contributed by atoms with Gasteiger partial charge < -0.3 is 15.4 Å². The molecule has 1 heterocycles. The van der Waals surface area contributed by atoms with Crippen molar-refractivity contribution in [1.29, 1.82) is 0 Å². The molecule has 0 aromatic heterocycles. The van der Waals surface area contributed by atoms with Gasteiger partial charge in [0.05, 0.1) is 12.6 Å². The highest BCUT2D eigenvalue weighted by Gasteiger charge is 2.26. The highest BCUT2D eigenvalue weighted by atomic mass is 19.3. The molecule has 1 aliphatic heterocycles. The second kappa shape index (κ2) is 5.69. The van der Waals surface area contributed by atoms with Crippen LogP contribution in [0.15, 0.2) is 41.9 Å². The molecular formula is C13H15F2N3O. The van der Waals surface area contributed by atoms with E-state index in [0.717, 1.165) is 5.56 Å². The van der Waals surface area contributed by atoms with Crippen LogP contribution in [0.2, 0.25) is 0 Å². The molecule has 6 heteroatoms. The first-order chi connectivity index (χ1) is 9.11. The molecule has 2 rings (SSSR count). The van der Waals surface area contributed by atoms with E-state index < -0.39 is 6.61 Å². The summed E-state index contributed by atoms with van der Waals surface area (Å²) in [5.41, 5.74) is 6.74. The zero-order chi connectivity index (χ0) is 13.8. The summed E-state index contributed by atoms with van der Waals surface area (Å²) in [5.74, 6) is 0.610. The molecule has 102 valence electrons. The zero-order valence-corrected chi connectivity index (χ0v) is 10.3. The van der Waals surface area contributed by atoms with Gasteiger partial charge in [0, 0.05) is 6.54 Å². The molecule has 0 saturated heterocycles. The summed E-state index contributed by atoms with van der Waals surface area (Å²) in [6.45, 7) is 2.01. The van der Waals surface area contributed by atoms with Gasteiger partial charge in [0.15, 0.2) is 5.96 Å². The monoisotopic (exact) mass is 267 g/mol. The van der Waals surface area contributed by atoms with Gasteiger partial charge >= 0.3 is 6.61 Å². The second-order valence-corrected chi connectivity index (χ2v) is 4.10. The third-order valence-corrected chi connectivity index (χ3v) is 2.91. The van der Waals surface area contributed by atoms with E-state index in [0.29, 0.717) is 19.0 Å². The molecule has 1 unspecified atom stereocenters. The van der Waals surface area contributed by atoms with Gasteiger partial charge in [0.25, 0.3) is 0 Å². The first-order valence-corrected chi connectivity index (χ1v) is 5.84. The summed E-state index contributed by atoms with van der Waals surface area (Å²) in [6, 6.07) is 6.53. The van der Waals surface area contributed by atoms with Crippen molar-refractivity contribution in [2.24, 2.45) is 10.7 Å². The van der Waals surface area contributed by atoms with Crippen LogP contribution in [-0.2, 0) is 0 Å². The van der Waals surface area contributed by atoms with Crippen molar-refractivity contribution >= 4 is 5.96 Å². The quantitative estimate of drug-likeness (QED) is 0.832. The van der Waals surface area contributed by atoms with E-state index in [2.05, 4.69) is 16.3 Å². The summed E-state index contributed by atoms with van der Waals surface area (Å²) in [5, 5.41) is 0. The van der Waals surface area contributed by atoms with Crippen molar-refractivity contribution in [3.63, 3.8) is 0 Å². The number of benzene rings is 1. The zero-order valence-electron chi connectivity index (χ0n) is 10.3. The van der Waals surface area contributed by atoms with Gasteiger partial charge in [-0.15, -0.1) is 6.58 Å². The summed E-state index contributed by atoms with van der Waals surface area (Å²) in [4.78, 5) is 6.10. The number of rotatable bonds is 5. The van der Waals surface area contributed by atoms with Gasteiger partial charge in [-0.3, -0.25) is 4.99 Å². The highest BCUT2D eigenvalue weighted by Crippen LogP contribution is 2.27. The molecule has 0 amide bonds. The molecule has 19 heavy (non-hydrogen) atoms. The Morgan fingerprint density at radius 1 is 1.47 bits per heavy atom. The minimum absolute atomic E-state index is 0.0126. The molecule has 0 bridgehead atoms. The van der Waals surface area contributed by atoms with Gasteiger partial charge in [-0.1, -0.05) is 18.2 Å². The van der Waals surface area contributed by atoms with Crippen molar-refractivity contribution in [3.8, 4) is 5.75 Å². The van der Waals surface area contributed by atoms with Gasteiger partial charge in [-0.25, -0.2) is 0 Å². The molecule has 0 radical (unpaired) electrons. The molecule has 1 aromatic carbocycles. The molecule has 0 spiro atoms. The third kappa shape index (κ3) is 3.01. The maximum Gasteiger partial charge on any atom is 0.387 e. The number of hydrogen-bond donors (Lipinski definition) is 1. The largest absolute Gasteiger partial charge is 0.435 e. The lowest BCUT2D eigenvalue weighted by atomic mass is 10.1. The van der Waals surface area contributed by atoms with Crippen molar-refractivity contribution < 1.29 is 13.5 Å². The standard InChI is InChI=1S/C13H15F2N3O/c1-2-7-18-11(8-17-13(18)16)9-3-5-10(6-4-9)19-12(14)15/h2-6,11-12H,1,7-8H2,(H2,16,17). The van der Waals surface area contributed by atoms with E-state index in [1.807, 2.05) is 4.90 Å². The van der Waals surface area contributed by atoms with Crippen LogP contribution >= 0.6 is 0 Å². The van der Waals surface area contributed by atoms with Crippen LogP contribution < -0.4 is 10.5 Å². The van der Waals surface area contributed by atoms with Crippen molar-refractivity contribution in [2.75, 3.05) is 13.1 Å². The second-order valence-electron chi connectivity index (χ2n) is 4.10. The van der Waals surface area contributed by atoms with E-state index in [1.54, 1.807) is 18.2 Å². The van der Waals surface area contributed by atoms with Crippen LogP contribution in [0.5, 0.6) is 5.75 Å². The summed E-state index contributed by atoms with van der Waals surface area (Å²) in [6.07, 6.45) is 1.75. The maximum atomic E-state index is 12.1. The normalized spacial score (nSPS) is 18.6. The van der Waals surface area contributed by atoms with Crippen LogP contribution in [0, 0.1) is 0 Å². The molecule has 1 aliphatic rings. The van der Waals surface area contributed by atoms with Crippen LogP contribution in [-0.4, -0.2) is 30.6 Å². The molecule has 4 nitrogen and oxygen atoms in total. The lowest BCUT2D eigenvalue weighted by molar-refractivity contribution is -0.0498. The van der Waals surface area contributed by atoms with Crippen molar-refractivity contribution in [2.45, 2.75) is 12.7 Å². The Morgan fingerprint density at radius 2 is 2.16 bits per heavy atom. The lowest BCUT2D eigenvalue weighted by Gasteiger charge is -2.25. The fraction of sp³-hybridized carbons (Fsp3) is 0.308. The molecule has 0 saturated carbocycles. The smallest absolute Gasteiger partial charge is 0.387 e. The number of halogens is 2. The van der Waals surface area contributed by atoms with E-state index in [4.69, 9.17) is 5.73 Å². The molecule has 2 N–H and O–H groups in total. The summed E-state index contributed by atoms with van der Waals surface area (Å²) in [7, 11) is 0. The number of guanidine groups is 1. The Morgan fingerprint density at radius 3 is 2.74 bits per heavy atom. The number of alkyl halides is 2. The predicted octanol–water partition coefficient (Wildman–Crippen LogP) is 2.15. The van der Waals surface area contributed by atoms with Crippen LogP contribution in [0.25, 0.3) is 0 Å². The summed E-state index contributed by atoms with van der Waals surface area (Å²) < 4.78 is 28.4. The minimum atomic E-state index is -2.81. The Kier molecular flexibility index (Phi) is 3.99. The number of aliphatic imine (C=N–C) groups is 1. The molecule has 0 fully saturated rings. The van der Waals surface area contributed by atoms with Crippen LogP contribution in [0.3, 0.4) is 0 Å². The number of hydrogen-bond acceptors (Lipinski definition) is 4. The SMILES string of the molecule is C=CCN1C(N)=NCC1c1ccc(OC(F)F)cc1. The number of ether oxygens (including phenoxy) is 1. The predicted molar refractivity (Wildman–Crippen MR) is 69.2 cm³/mol. The fourth-order valence-corrected chi connectivity index (χ4v) is 2.05. The van der Waals surface area contributed by atoms with Gasteiger partial charge in [-0.05, 0) is 17.7 Å². The Hall–Kier alpha value is -2.11. The Bertz CT molecular complexity index is 473. The lowest BCUT2D eigenvalue weighted by Crippen LogP contribution is -2.36. The van der Waals surface area contributed by atoms with E-state index in [9.17, 15) is 8.78 Å². The first-order valence-electron chi connectivity index (χ1n) is 5.84. The van der Waals surface area contributed by atoms with Gasteiger partial charge in [0.1, 0.15) is 5.75 Å². The fourth-order valence-electron chi connectivity index (χ4n) is 2.05. The van der Waals surface area contributed by atoms with E-state index in [-0.39, 0.29) is 11.8 Å². The average Bonchev–Trinajstić information content (AvgIpc) is 2.72. The van der Waals surface area contributed by atoms with E-state index in [1.165, 1.54) is 12.1 Å². The maximum absolute atomic E-state index is 12.1. The number of nitrogens with two attached hydrogens (primary N) is 1. The van der Waals surface area contributed by atoms with Crippen LogP contribution in [0.4, 0.5) is 8.78 Å². The Balaban J connectivity index is 2.11. The van der Waals surface area contributed by atoms with Gasteiger partial charge in [-0.2, -0.15) is 8.78 Å². The number of nitrogens with zero attached hydrogens (tertiary/aromatic N) is 2. The highest BCUT2D eigenvalue weighted by molar-refractivity contribution is 5.80. The van der Waals surface area contributed by atoms with Crippen molar-refractivity contribution in [3.05, 3.63) is 42.5 Å². The summed E-state index contributed by atoms with van der Waals surface area (Å²) >= 11 is 0. The Labute approximate surface area is 110 Å². The molecule has 0 aliphatic carbocycles. The van der Waals surface area contributed by atoms with Crippen molar-refractivity contribution in [1.82, 2.24) is 4.90 Å². The van der Waals surface area contributed by atoms with E-state index >= 15 is 0 Å².